The SMILES string of the molecule is CC(C)[C@H](NC(=O)[C@H](CCCCN)NC(=O)CCCCCN1C(=O)C=CC1=O)C(=O)N[C@@H](CCCNC(N)=O)C(=O)Nc1ccc(COI)cc1. The Kier molecular flexibility index (Phi) is 19.7. The normalized spacial score (nSPS) is 14.2. The lowest BCUT2D eigenvalue weighted by molar-refractivity contribution is -0.137. The molecule has 2 rings (SSSR count). The van der Waals surface area contributed by atoms with E-state index in [1.165, 1.54) is 12.2 Å². The molecule has 282 valence electrons. The number of primary amides is 1. The van der Waals surface area contributed by atoms with Gasteiger partial charge in [-0.25, -0.2) is 4.79 Å². The third-order valence-electron chi connectivity index (χ3n) is 8.08. The van der Waals surface area contributed by atoms with Crippen LogP contribution < -0.4 is 38.1 Å². The van der Waals surface area contributed by atoms with E-state index in [1.807, 2.05) is 0 Å². The summed E-state index contributed by atoms with van der Waals surface area (Å²) in [4.78, 5) is 89.1. The van der Waals surface area contributed by atoms with Gasteiger partial charge in [0.15, 0.2) is 0 Å². The van der Waals surface area contributed by atoms with Crippen LogP contribution in [0.3, 0.4) is 0 Å². The topological polar surface area (TPSA) is 244 Å². The Morgan fingerprint density at radius 3 is 2.06 bits per heavy atom. The van der Waals surface area contributed by atoms with E-state index in [-0.39, 0.29) is 49.6 Å². The number of hydrogen-bond acceptors (Lipinski definition) is 9. The monoisotopic (exact) mass is 826 g/mol. The van der Waals surface area contributed by atoms with E-state index in [1.54, 1.807) is 61.1 Å². The second kappa shape index (κ2) is 23.4. The molecule has 0 saturated heterocycles. The summed E-state index contributed by atoms with van der Waals surface area (Å²) in [5, 5.41) is 13.6. The number of unbranched alkanes of at least 4 members (excludes halogenated alkanes) is 3. The first-order valence-electron chi connectivity index (χ1n) is 17.2. The molecule has 17 heteroatoms. The number of carbonyl (C=O) groups excluding carboxylic acids is 7. The van der Waals surface area contributed by atoms with Crippen LogP contribution >= 0.6 is 23.0 Å². The Morgan fingerprint density at radius 1 is 0.804 bits per heavy atom. The minimum absolute atomic E-state index is 0.130. The smallest absolute Gasteiger partial charge is 0.312 e. The minimum Gasteiger partial charge on any atom is -0.352 e. The molecule has 1 aliphatic heterocycles. The third kappa shape index (κ3) is 16.2. The molecule has 0 spiro atoms. The zero-order chi connectivity index (χ0) is 37.8. The van der Waals surface area contributed by atoms with Gasteiger partial charge in [0.05, 0.1) is 6.61 Å². The van der Waals surface area contributed by atoms with E-state index in [0.29, 0.717) is 63.8 Å². The van der Waals surface area contributed by atoms with Gasteiger partial charge in [-0.15, -0.1) is 0 Å². The van der Waals surface area contributed by atoms with Gasteiger partial charge in [0, 0.05) is 37.3 Å². The zero-order valence-electron chi connectivity index (χ0n) is 29.2. The molecule has 1 aromatic rings. The third-order valence-corrected chi connectivity index (χ3v) is 8.39. The standard InChI is InChI=1S/C34H51IN8O8/c1-22(2)30(33(49)41-26(10-8-19-38-34(37)50)31(47)39-24-14-12-23(13-15-24)21-51-35)42-32(48)25(9-5-6-18-36)40-27(44)11-4-3-7-20-43-28(45)16-17-29(43)46/h12-17,22,25-26,30H,3-11,18-21,36H2,1-2H3,(H,39,47)(H,40,44)(H,41,49)(H,42,48)(H3,37,38,50)/t25-,26-,30-/m0/s1. The lowest BCUT2D eigenvalue weighted by Gasteiger charge is -2.27. The van der Waals surface area contributed by atoms with Gasteiger partial charge in [-0.1, -0.05) is 32.4 Å². The summed E-state index contributed by atoms with van der Waals surface area (Å²) in [6, 6.07) is 3.33. The van der Waals surface area contributed by atoms with Crippen LogP contribution in [0.25, 0.3) is 0 Å². The first-order valence-corrected chi connectivity index (χ1v) is 18.0. The van der Waals surface area contributed by atoms with Crippen LogP contribution in [0.5, 0.6) is 0 Å². The molecule has 0 bridgehead atoms. The van der Waals surface area contributed by atoms with E-state index < -0.39 is 41.9 Å². The Hall–Kier alpha value is -4.10. The van der Waals surface area contributed by atoms with Crippen molar-refractivity contribution in [2.45, 2.75) is 96.4 Å². The van der Waals surface area contributed by atoms with Crippen molar-refractivity contribution < 1.29 is 36.6 Å². The molecule has 1 aliphatic rings. The molecule has 0 aliphatic carbocycles. The molecule has 0 aromatic heterocycles. The first kappa shape index (κ1) is 43.1. The van der Waals surface area contributed by atoms with E-state index in [9.17, 15) is 33.6 Å². The van der Waals surface area contributed by atoms with Crippen molar-refractivity contribution >= 4 is 70.2 Å². The van der Waals surface area contributed by atoms with Crippen molar-refractivity contribution in [1.82, 2.24) is 26.2 Å². The Balaban J connectivity index is 2.04. The number of hydrogen-bond donors (Lipinski definition) is 7. The van der Waals surface area contributed by atoms with Crippen molar-refractivity contribution in [3.8, 4) is 0 Å². The van der Waals surface area contributed by atoms with Gasteiger partial charge in [0.1, 0.15) is 41.1 Å². The van der Waals surface area contributed by atoms with Crippen molar-refractivity contribution in [3.05, 3.63) is 42.0 Å². The second-order valence-corrected chi connectivity index (χ2v) is 13.2. The fourth-order valence-electron chi connectivity index (χ4n) is 5.23. The molecule has 9 N–H and O–H groups in total. The maximum Gasteiger partial charge on any atom is 0.312 e. The number of amides is 8. The number of benzene rings is 1. The lowest BCUT2D eigenvalue weighted by atomic mass is 10.0. The van der Waals surface area contributed by atoms with Crippen molar-refractivity contribution in [3.63, 3.8) is 0 Å². The first-order chi connectivity index (χ1) is 24.4. The van der Waals surface area contributed by atoms with Gasteiger partial charge in [0.2, 0.25) is 23.6 Å². The number of nitrogens with two attached hydrogens (primary N) is 2. The molecular weight excluding hydrogens is 775 g/mol. The molecule has 0 radical (unpaired) electrons. The average Bonchev–Trinajstić information content (AvgIpc) is 3.40. The number of rotatable bonds is 24. The minimum atomic E-state index is -1.04. The predicted octanol–water partition coefficient (Wildman–Crippen LogP) is 1.67. The highest BCUT2D eigenvalue weighted by molar-refractivity contribution is 14.1. The Labute approximate surface area is 312 Å². The summed E-state index contributed by atoms with van der Waals surface area (Å²) in [6.45, 7) is 4.75. The van der Waals surface area contributed by atoms with Gasteiger partial charge in [-0.05, 0) is 75.1 Å². The number of nitrogens with zero attached hydrogens (tertiary/aromatic N) is 1. The fraction of sp³-hybridized carbons (Fsp3) is 0.559. The second-order valence-electron chi connectivity index (χ2n) is 12.5. The van der Waals surface area contributed by atoms with Crippen molar-refractivity contribution in [2.24, 2.45) is 17.4 Å². The highest BCUT2D eigenvalue weighted by Gasteiger charge is 2.31. The van der Waals surface area contributed by atoms with Crippen LogP contribution in [-0.4, -0.2) is 84.1 Å². The van der Waals surface area contributed by atoms with Gasteiger partial charge in [-0.3, -0.25) is 33.7 Å². The zero-order valence-corrected chi connectivity index (χ0v) is 31.4. The van der Waals surface area contributed by atoms with Crippen molar-refractivity contribution in [2.75, 3.05) is 25.0 Å². The van der Waals surface area contributed by atoms with Crippen LogP contribution in [0.2, 0.25) is 0 Å². The van der Waals surface area contributed by atoms with Gasteiger partial charge >= 0.3 is 6.03 Å². The molecule has 0 fully saturated rings. The molecule has 16 nitrogen and oxygen atoms in total. The number of urea groups is 1. The van der Waals surface area contributed by atoms with Gasteiger partial charge in [0.25, 0.3) is 11.8 Å². The summed E-state index contributed by atoms with van der Waals surface area (Å²) in [5.74, 6) is -3.05. The van der Waals surface area contributed by atoms with Gasteiger partial charge < -0.3 is 41.1 Å². The molecule has 51 heavy (non-hydrogen) atoms. The summed E-state index contributed by atoms with van der Waals surface area (Å²) in [7, 11) is 0. The van der Waals surface area contributed by atoms with Crippen LogP contribution in [0.4, 0.5) is 10.5 Å². The molecule has 1 aromatic carbocycles. The summed E-state index contributed by atoms with van der Waals surface area (Å²) >= 11 is 1.79. The fourth-order valence-corrected chi connectivity index (χ4v) is 5.59. The van der Waals surface area contributed by atoms with Crippen LogP contribution in [0.1, 0.15) is 77.2 Å². The highest BCUT2D eigenvalue weighted by atomic mass is 127. The highest BCUT2D eigenvalue weighted by Crippen LogP contribution is 2.14. The van der Waals surface area contributed by atoms with Crippen LogP contribution in [0.15, 0.2) is 36.4 Å². The van der Waals surface area contributed by atoms with E-state index in [0.717, 1.165) is 10.5 Å². The maximum absolute atomic E-state index is 13.6. The molecule has 1 heterocycles. The number of imide groups is 1. The molecule has 0 saturated carbocycles. The number of anilines is 1. The van der Waals surface area contributed by atoms with E-state index in [4.69, 9.17) is 14.5 Å². The molecular formula is C34H51IN8O8. The summed E-state index contributed by atoms with van der Waals surface area (Å²) in [5.41, 5.74) is 12.2. The number of halogens is 1. The molecule has 0 unspecified atom stereocenters. The van der Waals surface area contributed by atoms with Crippen molar-refractivity contribution in [1.29, 1.82) is 0 Å². The van der Waals surface area contributed by atoms with Crippen LogP contribution in [0, 0.1) is 5.92 Å². The average molecular weight is 827 g/mol. The Morgan fingerprint density at radius 2 is 1.45 bits per heavy atom. The van der Waals surface area contributed by atoms with Gasteiger partial charge in [-0.2, -0.15) is 0 Å². The number of nitrogens with one attached hydrogen (secondary N) is 5. The maximum atomic E-state index is 13.6. The number of carbonyl (C=O) groups is 7. The predicted molar refractivity (Wildman–Crippen MR) is 199 cm³/mol. The largest absolute Gasteiger partial charge is 0.352 e. The summed E-state index contributed by atoms with van der Waals surface area (Å²) < 4.78 is 5.09. The summed E-state index contributed by atoms with van der Waals surface area (Å²) in [6.07, 6.45) is 6.19. The molecule has 3 atom stereocenters. The quantitative estimate of drug-likeness (QED) is 0.0455. The van der Waals surface area contributed by atoms with E-state index in [2.05, 4.69) is 26.6 Å². The van der Waals surface area contributed by atoms with Crippen LogP contribution in [-0.2, 0) is 38.4 Å². The Bertz CT molecular complexity index is 1360. The molecule has 8 amide bonds. The lowest BCUT2D eigenvalue weighted by Crippen LogP contribution is -2.57. The van der Waals surface area contributed by atoms with E-state index >= 15 is 0 Å².